The average molecular weight is 455 g/mol. The molecule has 0 aliphatic heterocycles. The molecule has 0 spiro atoms. The molecule has 0 aromatic heterocycles. The molecule has 4 heteroatoms. The van der Waals surface area contributed by atoms with E-state index in [-0.39, 0.29) is 35.8 Å². The van der Waals surface area contributed by atoms with Gasteiger partial charge in [0.25, 0.3) is 0 Å². The number of esters is 2. The van der Waals surface area contributed by atoms with Gasteiger partial charge < -0.3 is 9.47 Å². The van der Waals surface area contributed by atoms with E-state index >= 15 is 0 Å². The summed E-state index contributed by atoms with van der Waals surface area (Å²) in [5.41, 5.74) is 0. The number of hydrogen-bond acceptors (Lipinski definition) is 4. The quantitative estimate of drug-likeness (QED) is 0.129. The lowest BCUT2D eigenvalue weighted by atomic mass is 9.86. The summed E-state index contributed by atoms with van der Waals surface area (Å²) in [6.07, 6.45) is 15.4. The Labute approximate surface area is 199 Å². The van der Waals surface area contributed by atoms with Crippen molar-refractivity contribution in [2.45, 2.75) is 144 Å². The molecule has 0 amide bonds. The lowest BCUT2D eigenvalue weighted by Crippen LogP contribution is -2.32. The van der Waals surface area contributed by atoms with Gasteiger partial charge in [0.2, 0.25) is 0 Å². The highest BCUT2D eigenvalue weighted by Gasteiger charge is 2.31. The van der Waals surface area contributed by atoms with Crippen LogP contribution in [0.3, 0.4) is 0 Å². The van der Waals surface area contributed by atoms with Gasteiger partial charge in [-0.15, -0.1) is 0 Å². The van der Waals surface area contributed by atoms with Gasteiger partial charge in [-0.3, -0.25) is 9.59 Å². The van der Waals surface area contributed by atoms with Crippen molar-refractivity contribution in [3.8, 4) is 0 Å². The molecule has 0 aromatic carbocycles. The molecule has 0 rings (SSSR count). The van der Waals surface area contributed by atoms with E-state index in [1.807, 2.05) is 6.92 Å². The molecular formula is C28H54O4. The third kappa shape index (κ3) is 14.2. The fourth-order valence-electron chi connectivity index (χ4n) is 4.40. The van der Waals surface area contributed by atoms with Gasteiger partial charge in [-0.05, 0) is 39.0 Å². The molecule has 0 radical (unpaired) electrons. The van der Waals surface area contributed by atoms with Crippen molar-refractivity contribution < 1.29 is 19.1 Å². The van der Waals surface area contributed by atoms with Gasteiger partial charge >= 0.3 is 11.9 Å². The lowest BCUT2D eigenvalue weighted by Gasteiger charge is -2.27. The minimum absolute atomic E-state index is 0.000625. The van der Waals surface area contributed by atoms with Crippen LogP contribution in [0.4, 0.5) is 0 Å². The predicted octanol–water partition coefficient (Wildman–Crippen LogP) is 8.26. The van der Waals surface area contributed by atoms with Crippen LogP contribution in [-0.4, -0.2) is 24.6 Å². The van der Waals surface area contributed by atoms with Gasteiger partial charge in [0.1, 0.15) is 0 Å². The second-order valence-corrected chi connectivity index (χ2v) is 9.63. The average Bonchev–Trinajstić information content (AvgIpc) is 2.77. The standard InChI is InChI=1S/C28H54O4/c1-7-12-15-19-25(20-16-13-8-2)27(29)31-22-24(11-5)26(21-17-14-9-3)28(30)32-23(6)18-10-4/h23-26H,7-22H2,1-6H3. The maximum atomic E-state index is 13.0. The van der Waals surface area contributed by atoms with Crippen LogP contribution < -0.4 is 0 Å². The van der Waals surface area contributed by atoms with Crippen LogP contribution in [-0.2, 0) is 19.1 Å². The van der Waals surface area contributed by atoms with Crippen LogP contribution in [0.1, 0.15) is 138 Å². The Bertz CT molecular complexity index is 452. The zero-order chi connectivity index (χ0) is 24.2. The molecule has 0 saturated carbocycles. The van der Waals surface area contributed by atoms with E-state index in [1.54, 1.807) is 0 Å². The van der Waals surface area contributed by atoms with Crippen LogP contribution in [0, 0.1) is 17.8 Å². The molecule has 0 saturated heterocycles. The van der Waals surface area contributed by atoms with Gasteiger partial charge in [-0.2, -0.15) is 0 Å². The van der Waals surface area contributed by atoms with Crippen LogP contribution >= 0.6 is 0 Å². The molecule has 0 aromatic rings. The smallest absolute Gasteiger partial charge is 0.309 e. The SMILES string of the molecule is CCCCCC(CCCCC)C(=O)OCC(CC)C(CCCCC)C(=O)OC(C)CCC. The van der Waals surface area contributed by atoms with E-state index in [2.05, 4.69) is 34.6 Å². The summed E-state index contributed by atoms with van der Waals surface area (Å²) in [6.45, 7) is 13.1. The molecule has 3 atom stereocenters. The fraction of sp³-hybridized carbons (Fsp3) is 0.929. The highest BCUT2D eigenvalue weighted by Crippen LogP contribution is 2.27. The minimum atomic E-state index is -0.183. The van der Waals surface area contributed by atoms with Gasteiger partial charge in [0.05, 0.1) is 24.5 Å². The van der Waals surface area contributed by atoms with Crippen LogP contribution in [0.2, 0.25) is 0 Å². The van der Waals surface area contributed by atoms with E-state index < -0.39 is 0 Å². The lowest BCUT2D eigenvalue weighted by molar-refractivity contribution is -0.161. The van der Waals surface area contributed by atoms with E-state index in [0.29, 0.717) is 6.61 Å². The largest absolute Gasteiger partial charge is 0.465 e. The van der Waals surface area contributed by atoms with Crippen LogP contribution in [0.15, 0.2) is 0 Å². The molecule has 0 N–H and O–H groups in total. The van der Waals surface area contributed by atoms with Crippen molar-refractivity contribution >= 4 is 11.9 Å². The Morgan fingerprint density at radius 3 is 1.66 bits per heavy atom. The summed E-state index contributed by atoms with van der Waals surface area (Å²) in [7, 11) is 0. The third-order valence-electron chi connectivity index (χ3n) is 6.61. The van der Waals surface area contributed by atoms with Gasteiger partial charge in [0, 0.05) is 5.92 Å². The minimum Gasteiger partial charge on any atom is -0.465 e. The first-order valence-electron chi connectivity index (χ1n) is 13.8. The maximum Gasteiger partial charge on any atom is 0.309 e. The molecule has 0 aliphatic rings. The van der Waals surface area contributed by atoms with Crippen molar-refractivity contribution in [1.82, 2.24) is 0 Å². The summed E-state index contributed by atoms with van der Waals surface area (Å²) in [5, 5.41) is 0. The number of rotatable bonds is 21. The first-order valence-corrected chi connectivity index (χ1v) is 13.8. The van der Waals surface area contributed by atoms with Crippen molar-refractivity contribution in [3.63, 3.8) is 0 Å². The molecule has 0 aliphatic carbocycles. The maximum absolute atomic E-state index is 13.0. The van der Waals surface area contributed by atoms with Crippen LogP contribution in [0.5, 0.6) is 0 Å². The van der Waals surface area contributed by atoms with Gasteiger partial charge in [-0.1, -0.05) is 98.8 Å². The molecule has 3 unspecified atom stereocenters. The first-order chi connectivity index (χ1) is 15.4. The summed E-state index contributed by atoms with van der Waals surface area (Å²) >= 11 is 0. The monoisotopic (exact) mass is 454 g/mol. The van der Waals surface area contributed by atoms with Gasteiger partial charge in [0.15, 0.2) is 0 Å². The number of hydrogen-bond donors (Lipinski definition) is 0. The van der Waals surface area contributed by atoms with Crippen molar-refractivity contribution in [2.24, 2.45) is 17.8 Å². The fourth-order valence-corrected chi connectivity index (χ4v) is 4.40. The first kappa shape index (κ1) is 30.9. The summed E-state index contributed by atoms with van der Waals surface area (Å²) in [4.78, 5) is 25.9. The second kappa shape index (κ2) is 20.5. The number of ether oxygens (including phenoxy) is 2. The Balaban J connectivity index is 5.05. The number of unbranched alkanes of at least 4 members (excludes halogenated alkanes) is 6. The van der Waals surface area contributed by atoms with Gasteiger partial charge in [-0.25, -0.2) is 0 Å². The van der Waals surface area contributed by atoms with Crippen molar-refractivity contribution in [2.75, 3.05) is 6.61 Å². The van der Waals surface area contributed by atoms with Crippen LogP contribution in [0.25, 0.3) is 0 Å². The zero-order valence-corrected chi connectivity index (χ0v) is 22.3. The summed E-state index contributed by atoms with van der Waals surface area (Å²) in [6, 6.07) is 0. The highest BCUT2D eigenvalue weighted by atomic mass is 16.5. The molecule has 0 bridgehead atoms. The normalized spacial score (nSPS) is 14.2. The summed E-state index contributed by atoms with van der Waals surface area (Å²) < 4.78 is 11.6. The van der Waals surface area contributed by atoms with E-state index in [4.69, 9.17) is 9.47 Å². The van der Waals surface area contributed by atoms with Crippen molar-refractivity contribution in [1.29, 1.82) is 0 Å². The second-order valence-electron chi connectivity index (χ2n) is 9.63. The zero-order valence-electron chi connectivity index (χ0n) is 22.3. The Morgan fingerprint density at radius 1 is 0.656 bits per heavy atom. The number of carbonyl (C=O) groups is 2. The van der Waals surface area contributed by atoms with E-state index in [1.165, 1.54) is 0 Å². The molecule has 190 valence electrons. The highest BCUT2D eigenvalue weighted by molar-refractivity contribution is 5.74. The molecular weight excluding hydrogens is 400 g/mol. The predicted molar refractivity (Wildman–Crippen MR) is 135 cm³/mol. The van der Waals surface area contributed by atoms with E-state index in [9.17, 15) is 9.59 Å². The topological polar surface area (TPSA) is 52.6 Å². The Hall–Kier alpha value is -1.06. The summed E-state index contributed by atoms with van der Waals surface area (Å²) in [5.74, 6) is -0.315. The molecule has 32 heavy (non-hydrogen) atoms. The number of carbonyl (C=O) groups excluding carboxylic acids is 2. The molecule has 0 fully saturated rings. The molecule has 4 nitrogen and oxygen atoms in total. The third-order valence-corrected chi connectivity index (χ3v) is 6.61. The van der Waals surface area contributed by atoms with Crippen molar-refractivity contribution in [3.05, 3.63) is 0 Å². The Kier molecular flexibility index (Phi) is 19.9. The Morgan fingerprint density at radius 2 is 1.19 bits per heavy atom. The molecule has 0 heterocycles. The van der Waals surface area contributed by atoms with E-state index in [0.717, 1.165) is 96.3 Å².